The Morgan fingerprint density at radius 1 is 0.688 bits per heavy atom. The summed E-state index contributed by atoms with van der Waals surface area (Å²) in [5, 5.41) is 7.59. The van der Waals surface area contributed by atoms with Crippen LogP contribution in [0.1, 0.15) is 61.8 Å². The second-order valence-corrected chi connectivity index (χ2v) is 9.14. The van der Waals surface area contributed by atoms with E-state index in [1.807, 2.05) is 0 Å². The van der Waals surface area contributed by atoms with E-state index in [0.29, 0.717) is 0 Å². The topological polar surface area (TPSA) is 4.36 Å². The first-order chi connectivity index (χ1) is 15.5. The first kappa shape index (κ1) is 20.1. The van der Waals surface area contributed by atoms with Crippen LogP contribution in [0.2, 0.25) is 0 Å². The van der Waals surface area contributed by atoms with Crippen LogP contribution in [-0.4, -0.2) is 0 Å². The van der Waals surface area contributed by atoms with Gasteiger partial charge in [0.2, 0.25) is 0 Å². The molecule has 0 aliphatic rings. The largest absolute Gasteiger partial charge is 0.238 e. The zero-order valence-electron chi connectivity index (χ0n) is 19.0. The van der Waals surface area contributed by atoms with E-state index in [-0.39, 0.29) is 11.8 Å². The molecule has 5 aromatic carbocycles. The van der Waals surface area contributed by atoms with E-state index < -0.39 is 0 Å². The molecule has 154 valence electrons. The van der Waals surface area contributed by atoms with Crippen molar-refractivity contribution in [2.75, 3.05) is 0 Å². The van der Waals surface area contributed by atoms with E-state index in [1.165, 1.54) is 32.3 Å². The number of nitrogens with zero attached hydrogens (tertiary/aromatic N) is 1. The van der Waals surface area contributed by atoms with E-state index in [9.17, 15) is 0 Å². The predicted octanol–water partition coefficient (Wildman–Crippen LogP) is 8.78. The molecular formula is C31H25N. The highest BCUT2D eigenvalue weighted by Gasteiger charge is 2.15. The molecule has 0 aliphatic heterocycles. The van der Waals surface area contributed by atoms with Crippen molar-refractivity contribution >= 4 is 38.0 Å². The number of benzene rings is 5. The second kappa shape index (κ2) is 7.71. The van der Waals surface area contributed by atoms with Gasteiger partial charge in [0, 0.05) is 11.1 Å². The third-order valence-corrected chi connectivity index (χ3v) is 6.39. The van der Waals surface area contributed by atoms with Crippen molar-refractivity contribution in [3.05, 3.63) is 100 Å². The lowest BCUT2D eigenvalue weighted by atomic mass is 9.90. The van der Waals surface area contributed by atoms with Crippen molar-refractivity contribution < 1.29 is 0 Å². The normalized spacial score (nSPS) is 11.4. The maximum Gasteiger partial charge on any atom is 0.194 e. The first-order valence-electron chi connectivity index (χ1n) is 11.2. The first-order valence-corrected chi connectivity index (χ1v) is 11.2. The zero-order valence-corrected chi connectivity index (χ0v) is 19.0. The summed E-state index contributed by atoms with van der Waals surface area (Å²) in [5.74, 6) is 7.45. The molecule has 1 nitrogen and oxygen atoms in total. The van der Waals surface area contributed by atoms with Gasteiger partial charge < -0.3 is 0 Å². The van der Waals surface area contributed by atoms with E-state index >= 15 is 0 Å². The van der Waals surface area contributed by atoms with Gasteiger partial charge in [0.1, 0.15) is 0 Å². The SMILES string of the molecule is [C-]#[N+]c1c(C(C)C)cc(C#Cc2ccc3ccc4cccc5ccc2c3c45)cc1C(C)C. The molecule has 0 aliphatic carbocycles. The third kappa shape index (κ3) is 3.19. The molecular weight excluding hydrogens is 386 g/mol. The maximum atomic E-state index is 7.70. The molecule has 1 heteroatoms. The molecule has 0 saturated carbocycles. The zero-order chi connectivity index (χ0) is 22.4. The Balaban J connectivity index is 1.72. The van der Waals surface area contributed by atoms with Gasteiger partial charge in [0.15, 0.2) is 5.69 Å². The molecule has 0 aromatic heterocycles. The summed E-state index contributed by atoms with van der Waals surface area (Å²) in [6.45, 7) is 16.3. The lowest BCUT2D eigenvalue weighted by molar-refractivity contribution is 0.841. The fraction of sp³-hybridized carbons (Fsp3) is 0.194. The molecule has 5 rings (SSSR count). The third-order valence-electron chi connectivity index (χ3n) is 6.39. The van der Waals surface area contributed by atoms with Gasteiger partial charge in [-0.1, -0.05) is 100 Å². The summed E-state index contributed by atoms with van der Waals surface area (Å²) >= 11 is 0. The standard InChI is InChI=1S/C31H25N/c1-19(2)27-17-21(18-28(20(3)4)31(27)32-5)9-10-22-11-12-25-14-13-23-7-6-8-24-15-16-26(22)30(25)29(23)24/h6-8,11-20H,1-4H3. The summed E-state index contributed by atoms with van der Waals surface area (Å²) in [7, 11) is 0. The average molecular weight is 412 g/mol. The summed E-state index contributed by atoms with van der Waals surface area (Å²) in [5.41, 5.74) is 5.00. The minimum Gasteiger partial charge on any atom is -0.238 e. The minimum atomic E-state index is 0.285. The summed E-state index contributed by atoms with van der Waals surface area (Å²) < 4.78 is 0. The fourth-order valence-corrected chi connectivity index (χ4v) is 4.75. The van der Waals surface area contributed by atoms with Crippen molar-refractivity contribution in [1.29, 1.82) is 0 Å². The lowest BCUT2D eigenvalue weighted by Crippen LogP contribution is -1.96. The van der Waals surface area contributed by atoms with Gasteiger partial charge >= 0.3 is 0 Å². The molecule has 0 spiro atoms. The molecule has 0 heterocycles. The Kier molecular flexibility index (Phi) is 4.84. The average Bonchev–Trinajstić information content (AvgIpc) is 2.80. The van der Waals surface area contributed by atoms with Gasteiger partial charge in [-0.05, 0) is 61.3 Å². The Hall–Kier alpha value is -3.81. The Bertz CT molecular complexity index is 1540. The number of rotatable bonds is 2. The van der Waals surface area contributed by atoms with Crippen LogP contribution in [0, 0.1) is 18.4 Å². The van der Waals surface area contributed by atoms with Gasteiger partial charge in [-0.3, -0.25) is 0 Å². The molecule has 0 bridgehead atoms. The van der Waals surface area contributed by atoms with Crippen LogP contribution in [0.4, 0.5) is 5.69 Å². The highest BCUT2D eigenvalue weighted by molar-refractivity contribution is 6.23. The molecule has 0 amide bonds. The van der Waals surface area contributed by atoms with E-state index in [2.05, 4.69) is 111 Å². The molecule has 32 heavy (non-hydrogen) atoms. The molecule has 0 radical (unpaired) electrons. The molecule has 0 fully saturated rings. The smallest absolute Gasteiger partial charge is 0.194 e. The summed E-state index contributed by atoms with van der Waals surface area (Å²) in [6, 6.07) is 23.8. The van der Waals surface area contributed by atoms with Crippen LogP contribution < -0.4 is 0 Å². The van der Waals surface area contributed by atoms with Gasteiger partial charge in [-0.2, -0.15) is 0 Å². The van der Waals surface area contributed by atoms with Crippen LogP contribution in [0.5, 0.6) is 0 Å². The molecule has 0 unspecified atom stereocenters. The Morgan fingerprint density at radius 2 is 1.25 bits per heavy atom. The Labute approximate surface area is 189 Å². The number of hydrogen-bond donors (Lipinski definition) is 0. The molecule has 0 saturated heterocycles. The minimum absolute atomic E-state index is 0.285. The Morgan fingerprint density at radius 3 is 1.84 bits per heavy atom. The van der Waals surface area contributed by atoms with Gasteiger partial charge in [-0.15, -0.1) is 0 Å². The van der Waals surface area contributed by atoms with Crippen molar-refractivity contribution in [3.63, 3.8) is 0 Å². The second-order valence-electron chi connectivity index (χ2n) is 9.14. The van der Waals surface area contributed by atoms with E-state index in [4.69, 9.17) is 6.57 Å². The quantitative estimate of drug-likeness (QED) is 0.155. The van der Waals surface area contributed by atoms with E-state index in [1.54, 1.807) is 0 Å². The lowest BCUT2D eigenvalue weighted by Gasteiger charge is -2.16. The monoisotopic (exact) mass is 411 g/mol. The molecule has 5 aromatic rings. The molecule has 0 atom stereocenters. The van der Waals surface area contributed by atoms with Gasteiger partial charge in [0.25, 0.3) is 0 Å². The summed E-state index contributed by atoms with van der Waals surface area (Å²) in [6.07, 6.45) is 0. The summed E-state index contributed by atoms with van der Waals surface area (Å²) in [4.78, 5) is 3.86. The van der Waals surface area contributed by atoms with Crippen LogP contribution in [0.3, 0.4) is 0 Å². The van der Waals surface area contributed by atoms with Gasteiger partial charge in [0.05, 0.1) is 6.57 Å². The predicted molar refractivity (Wildman–Crippen MR) is 137 cm³/mol. The van der Waals surface area contributed by atoms with Crippen molar-refractivity contribution in [1.82, 2.24) is 0 Å². The number of hydrogen-bond acceptors (Lipinski definition) is 0. The van der Waals surface area contributed by atoms with Crippen molar-refractivity contribution in [2.45, 2.75) is 39.5 Å². The van der Waals surface area contributed by atoms with Crippen molar-refractivity contribution in [3.8, 4) is 11.8 Å². The highest BCUT2D eigenvalue weighted by atomic mass is 14.7. The fourth-order valence-electron chi connectivity index (χ4n) is 4.75. The maximum absolute atomic E-state index is 7.70. The van der Waals surface area contributed by atoms with Crippen LogP contribution in [-0.2, 0) is 0 Å². The van der Waals surface area contributed by atoms with Crippen molar-refractivity contribution in [2.24, 2.45) is 0 Å². The van der Waals surface area contributed by atoms with Crippen LogP contribution in [0.25, 0.3) is 37.2 Å². The van der Waals surface area contributed by atoms with E-state index in [0.717, 1.165) is 27.9 Å². The van der Waals surface area contributed by atoms with Crippen LogP contribution in [0.15, 0.2) is 66.7 Å². The highest BCUT2D eigenvalue weighted by Crippen LogP contribution is 2.37. The van der Waals surface area contributed by atoms with Gasteiger partial charge in [-0.25, -0.2) is 4.85 Å². The van der Waals surface area contributed by atoms with Crippen LogP contribution >= 0.6 is 0 Å². The molecule has 0 N–H and O–H groups in total.